The Bertz CT molecular complexity index is 490. The van der Waals surface area contributed by atoms with Gasteiger partial charge >= 0.3 is 0 Å². The number of rotatable bonds is 4. The largest absolute Gasteiger partial charge is 0.354 e. The smallest absolute Gasteiger partial charge is 0.270 e. The minimum absolute atomic E-state index is 0.00213. The van der Waals surface area contributed by atoms with Gasteiger partial charge in [-0.1, -0.05) is 6.92 Å². The summed E-state index contributed by atoms with van der Waals surface area (Å²) in [6.45, 7) is 2.60. The molecule has 2 heterocycles. The van der Waals surface area contributed by atoms with E-state index in [-0.39, 0.29) is 5.91 Å². The van der Waals surface area contributed by atoms with Crippen molar-refractivity contribution >= 4 is 17.2 Å². The summed E-state index contributed by atoms with van der Waals surface area (Å²) in [4.78, 5) is 21.0. The summed E-state index contributed by atoms with van der Waals surface area (Å²) < 4.78 is 0. The third-order valence-electron chi connectivity index (χ3n) is 2.59. The van der Waals surface area contributed by atoms with Crippen LogP contribution in [0, 0.1) is 0 Å². The molecule has 0 bridgehead atoms. The number of hydrogen-bond donors (Lipinski definition) is 1. The molecule has 0 fully saturated rings. The molecule has 0 saturated heterocycles. The van der Waals surface area contributed by atoms with E-state index in [4.69, 9.17) is 0 Å². The summed E-state index contributed by atoms with van der Waals surface area (Å²) in [5, 5.41) is 1.95. The molecular weight excluding hydrogens is 234 g/mol. The summed E-state index contributed by atoms with van der Waals surface area (Å²) in [7, 11) is 1.79. The van der Waals surface area contributed by atoms with Crippen LogP contribution >= 0.6 is 11.3 Å². The molecule has 0 atom stereocenters. The highest BCUT2D eigenvalue weighted by Gasteiger charge is 2.14. The van der Waals surface area contributed by atoms with Gasteiger partial charge in [-0.15, -0.1) is 11.3 Å². The number of aromatic amines is 1. The minimum Gasteiger partial charge on any atom is -0.354 e. The summed E-state index contributed by atoms with van der Waals surface area (Å²) in [6, 6.07) is 3.78. The topological polar surface area (TPSA) is 49.0 Å². The maximum Gasteiger partial charge on any atom is 0.270 e. The van der Waals surface area contributed by atoms with Gasteiger partial charge in [0.25, 0.3) is 5.91 Å². The van der Waals surface area contributed by atoms with Gasteiger partial charge < -0.3 is 9.88 Å². The fourth-order valence-corrected chi connectivity index (χ4v) is 2.16. The predicted octanol–water partition coefficient (Wildman–Crippen LogP) is 2.31. The van der Waals surface area contributed by atoms with Gasteiger partial charge in [0.05, 0.1) is 17.7 Å². The zero-order valence-electron chi connectivity index (χ0n) is 9.93. The molecule has 5 heteroatoms. The molecule has 4 nitrogen and oxygen atoms in total. The van der Waals surface area contributed by atoms with Crippen molar-refractivity contribution in [3.63, 3.8) is 0 Å². The minimum atomic E-state index is -0.00213. The van der Waals surface area contributed by atoms with Crippen molar-refractivity contribution in [1.29, 1.82) is 0 Å². The van der Waals surface area contributed by atoms with Gasteiger partial charge in [-0.05, 0) is 18.6 Å². The lowest BCUT2D eigenvalue weighted by Gasteiger charge is -2.14. The fraction of sp³-hybridized carbons (Fsp3) is 0.333. The van der Waals surface area contributed by atoms with Crippen molar-refractivity contribution in [3.8, 4) is 0 Å². The lowest BCUT2D eigenvalue weighted by Crippen LogP contribution is -2.26. The Morgan fingerprint density at radius 3 is 2.94 bits per heavy atom. The molecule has 17 heavy (non-hydrogen) atoms. The van der Waals surface area contributed by atoms with Crippen molar-refractivity contribution in [2.75, 3.05) is 7.05 Å². The quantitative estimate of drug-likeness (QED) is 0.904. The van der Waals surface area contributed by atoms with E-state index < -0.39 is 0 Å². The third-order valence-corrected chi connectivity index (χ3v) is 3.22. The molecule has 1 amide bonds. The van der Waals surface area contributed by atoms with Gasteiger partial charge in [0.2, 0.25) is 0 Å². The molecule has 0 aliphatic carbocycles. The van der Waals surface area contributed by atoms with Crippen LogP contribution in [0.3, 0.4) is 0 Å². The van der Waals surface area contributed by atoms with Crippen molar-refractivity contribution < 1.29 is 4.79 Å². The van der Waals surface area contributed by atoms with Crippen LogP contribution in [0.25, 0.3) is 0 Å². The fourth-order valence-electron chi connectivity index (χ4n) is 1.61. The summed E-state index contributed by atoms with van der Waals surface area (Å²) >= 11 is 1.54. The monoisotopic (exact) mass is 249 g/mol. The first-order valence-electron chi connectivity index (χ1n) is 5.51. The Labute approximate surface area is 104 Å². The number of aryl methyl sites for hydroxylation is 1. The van der Waals surface area contributed by atoms with E-state index in [1.807, 2.05) is 17.5 Å². The summed E-state index contributed by atoms with van der Waals surface area (Å²) in [6.07, 6.45) is 0.906. The number of thiazole rings is 1. The average Bonchev–Trinajstić information content (AvgIpc) is 2.98. The van der Waals surface area contributed by atoms with E-state index in [2.05, 4.69) is 16.9 Å². The number of nitrogens with one attached hydrogen (secondary N) is 1. The molecule has 2 rings (SSSR count). The Balaban J connectivity index is 2.04. The molecule has 0 unspecified atom stereocenters. The van der Waals surface area contributed by atoms with Crippen LogP contribution in [0.15, 0.2) is 23.0 Å². The molecule has 0 aromatic carbocycles. The van der Waals surface area contributed by atoms with E-state index in [1.54, 1.807) is 17.5 Å². The second-order valence-corrected chi connectivity index (χ2v) is 4.61. The molecule has 90 valence electrons. The first-order valence-corrected chi connectivity index (χ1v) is 6.45. The van der Waals surface area contributed by atoms with Crippen molar-refractivity contribution in [3.05, 3.63) is 40.1 Å². The number of hydrogen-bond acceptors (Lipinski definition) is 3. The van der Waals surface area contributed by atoms with Crippen LogP contribution in [0.5, 0.6) is 0 Å². The highest BCUT2D eigenvalue weighted by atomic mass is 32.1. The van der Waals surface area contributed by atoms with E-state index in [0.29, 0.717) is 12.2 Å². The van der Waals surface area contributed by atoms with Crippen LogP contribution in [-0.4, -0.2) is 27.8 Å². The van der Waals surface area contributed by atoms with Crippen molar-refractivity contribution in [1.82, 2.24) is 14.9 Å². The average molecular weight is 249 g/mol. The van der Waals surface area contributed by atoms with Gasteiger partial charge in [0.1, 0.15) is 5.69 Å². The van der Waals surface area contributed by atoms with Gasteiger partial charge in [-0.3, -0.25) is 4.79 Å². The van der Waals surface area contributed by atoms with Crippen LogP contribution in [0.4, 0.5) is 0 Å². The lowest BCUT2D eigenvalue weighted by molar-refractivity contribution is 0.0778. The Hall–Kier alpha value is -1.62. The Morgan fingerprint density at radius 1 is 1.53 bits per heavy atom. The van der Waals surface area contributed by atoms with Gasteiger partial charge in [0, 0.05) is 18.1 Å². The lowest BCUT2D eigenvalue weighted by atomic mass is 10.3. The van der Waals surface area contributed by atoms with E-state index >= 15 is 0 Å². The first kappa shape index (κ1) is 11.9. The van der Waals surface area contributed by atoms with Gasteiger partial charge in [-0.25, -0.2) is 4.98 Å². The van der Waals surface area contributed by atoms with Crippen LogP contribution < -0.4 is 0 Å². The zero-order valence-corrected chi connectivity index (χ0v) is 10.8. The van der Waals surface area contributed by atoms with Gasteiger partial charge in [-0.2, -0.15) is 0 Å². The standard InChI is InChI=1S/C12H15N3OS/c1-3-9-4-5-11(14-9)12(16)15(2)6-10-7-17-8-13-10/h4-5,7-8,14H,3,6H2,1-2H3. The van der Waals surface area contributed by atoms with E-state index in [1.165, 1.54) is 11.3 Å². The Kier molecular flexibility index (Phi) is 3.58. The number of aromatic nitrogens is 2. The first-order chi connectivity index (χ1) is 8.20. The van der Waals surface area contributed by atoms with Crippen LogP contribution in [0.1, 0.15) is 28.8 Å². The molecule has 0 aliphatic rings. The van der Waals surface area contributed by atoms with E-state index in [0.717, 1.165) is 17.8 Å². The maximum absolute atomic E-state index is 12.1. The molecule has 0 radical (unpaired) electrons. The maximum atomic E-state index is 12.1. The van der Waals surface area contributed by atoms with Crippen LogP contribution in [-0.2, 0) is 13.0 Å². The van der Waals surface area contributed by atoms with Crippen LogP contribution in [0.2, 0.25) is 0 Å². The second kappa shape index (κ2) is 5.14. The number of nitrogens with zero attached hydrogens (tertiary/aromatic N) is 2. The number of amides is 1. The van der Waals surface area contributed by atoms with Crippen molar-refractivity contribution in [2.45, 2.75) is 19.9 Å². The highest BCUT2D eigenvalue weighted by molar-refractivity contribution is 7.07. The molecule has 0 aliphatic heterocycles. The predicted molar refractivity (Wildman–Crippen MR) is 68.1 cm³/mol. The number of H-pyrrole nitrogens is 1. The summed E-state index contributed by atoms with van der Waals surface area (Å²) in [5.74, 6) is -0.00213. The number of carbonyl (C=O) groups is 1. The molecule has 2 aromatic rings. The number of carbonyl (C=O) groups excluding carboxylic acids is 1. The third kappa shape index (κ3) is 2.74. The normalized spacial score (nSPS) is 10.5. The van der Waals surface area contributed by atoms with E-state index in [9.17, 15) is 4.79 Å². The molecule has 2 aromatic heterocycles. The molecule has 1 N–H and O–H groups in total. The van der Waals surface area contributed by atoms with Gasteiger partial charge in [0.15, 0.2) is 0 Å². The highest BCUT2D eigenvalue weighted by Crippen LogP contribution is 2.09. The molecule has 0 saturated carbocycles. The second-order valence-electron chi connectivity index (χ2n) is 3.89. The SMILES string of the molecule is CCc1ccc(C(=O)N(C)Cc2cscn2)[nH]1. The van der Waals surface area contributed by atoms with Crippen molar-refractivity contribution in [2.24, 2.45) is 0 Å². The molecule has 0 spiro atoms. The molecular formula is C12H15N3OS. The Morgan fingerprint density at radius 2 is 2.35 bits per heavy atom. The summed E-state index contributed by atoms with van der Waals surface area (Å²) in [5.41, 5.74) is 4.42. The zero-order chi connectivity index (χ0) is 12.3.